The fourth-order valence-corrected chi connectivity index (χ4v) is 1.89. The van der Waals surface area contributed by atoms with Crippen molar-refractivity contribution in [2.75, 3.05) is 0 Å². The zero-order chi connectivity index (χ0) is 14.0. The summed E-state index contributed by atoms with van der Waals surface area (Å²) in [5.74, 6) is -1.23. The largest absolute Gasteiger partial charge is 0.478 e. The Hall–Kier alpha value is -2.17. The quantitative estimate of drug-likeness (QED) is 0.921. The van der Waals surface area contributed by atoms with Gasteiger partial charge in [0.1, 0.15) is 11.4 Å². The zero-order valence-corrected chi connectivity index (χ0v) is 10.8. The second kappa shape index (κ2) is 5.22. The normalized spacial score (nSPS) is 10.9. The molecule has 100 valence electrons. The number of halogens is 1. The second-order valence-corrected chi connectivity index (χ2v) is 4.71. The van der Waals surface area contributed by atoms with Crippen LogP contribution in [0.15, 0.2) is 30.5 Å². The van der Waals surface area contributed by atoms with Crippen molar-refractivity contribution in [3.8, 4) is 0 Å². The van der Waals surface area contributed by atoms with Crippen molar-refractivity contribution in [2.24, 2.45) is 0 Å². The van der Waals surface area contributed by atoms with E-state index in [1.165, 1.54) is 18.3 Å². The van der Waals surface area contributed by atoms with E-state index in [-0.39, 0.29) is 17.3 Å². The minimum absolute atomic E-state index is 0.0422. The molecular weight excluding hydrogens is 247 g/mol. The number of aromatic carboxylic acids is 1. The fraction of sp³-hybridized carbons (Fsp3) is 0.286. The van der Waals surface area contributed by atoms with E-state index < -0.39 is 5.97 Å². The molecule has 0 atom stereocenters. The van der Waals surface area contributed by atoms with E-state index in [0.29, 0.717) is 12.2 Å². The van der Waals surface area contributed by atoms with E-state index in [1.54, 1.807) is 16.8 Å². The molecule has 0 spiro atoms. The molecule has 2 aromatic rings. The molecule has 2 rings (SSSR count). The summed E-state index contributed by atoms with van der Waals surface area (Å²) in [4.78, 5) is 11.1. The van der Waals surface area contributed by atoms with Crippen LogP contribution in [0, 0.1) is 5.82 Å². The number of carboxylic acid groups (broad SMARTS) is 1. The lowest BCUT2D eigenvalue weighted by Gasteiger charge is -2.02. The van der Waals surface area contributed by atoms with Gasteiger partial charge in [-0.05, 0) is 23.6 Å². The van der Waals surface area contributed by atoms with Gasteiger partial charge in [-0.3, -0.25) is 4.68 Å². The van der Waals surface area contributed by atoms with Crippen LogP contribution in [0.25, 0.3) is 0 Å². The van der Waals surface area contributed by atoms with Gasteiger partial charge in [0.25, 0.3) is 0 Å². The maximum Gasteiger partial charge on any atom is 0.339 e. The summed E-state index contributed by atoms with van der Waals surface area (Å²) in [7, 11) is 0. The van der Waals surface area contributed by atoms with Crippen LogP contribution in [-0.2, 0) is 6.54 Å². The third kappa shape index (κ3) is 2.99. The lowest BCUT2D eigenvalue weighted by molar-refractivity contribution is 0.0695. The Kier molecular flexibility index (Phi) is 3.64. The average molecular weight is 262 g/mol. The average Bonchev–Trinajstić information content (AvgIpc) is 2.76. The second-order valence-electron chi connectivity index (χ2n) is 4.71. The monoisotopic (exact) mass is 262 g/mol. The van der Waals surface area contributed by atoms with Gasteiger partial charge in [-0.15, -0.1) is 0 Å². The molecule has 0 amide bonds. The molecule has 1 N–H and O–H groups in total. The van der Waals surface area contributed by atoms with Crippen molar-refractivity contribution in [3.63, 3.8) is 0 Å². The summed E-state index contributed by atoms with van der Waals surface area (Å²) in [5, 5.41) is 13.4. The minimum Gasteiger partial charge on any atom is -0.478 e. The number of rotatable bonds is 4. The summed E-state index contributed by atoms with van der Waals surface area (Å²) >= 11 is 0. The van der Waals surface area contributed by atoms with Gasteiger partial charge in [-0.25, -0.2) is 9.18 Å². The Morgan fingerprint density at radius 2 is 2.00 bits per heavy atom. The highest BCUT2D eigenvalue weighted by Gasteiger charge is 2.17. The van der Waals surface area contributed by atoms with Crippen LogP contribution >= 0.6 is 0 Å². The van der Waals surface area contributed by atoms with E-state index >= 15 is 0 Å². The smallest absolute Gasteiger partial charge is 0.339 e. The number of hydrogen-bond donors (Lipinski definition) is 1. The van der Waals surface area contributed by atoms with Gasteiger partial charge in [0.2, 0.25) is 0 Å². The van der Waals surface area contributed by atoms with Gasteiger partial charge >= 0.3 is 5.97 Å². The van der Waals surface area contributed by atoms with Gasteiger partial charge in [0, 0.05) is 6.20 Å². The predicted molar refractivity (Wildman–Crippen MR) is 68.8 cm³/mol. The predicted octanol–water partition coefficient (Wildman–Crippen LogP) is 2.89. The molecule has 0 unspecified atom stereocenters. The number of nitrogens with zero attached hydrogens (tertiary/aromatic N) is 2. The van der Waals surface area contributed by atoms with Crippen molar-refractivity contribution in [2.45, 2.75) is 26.3 Å². The number of benzene rings is 1. The first kappa shape index (κ1) is 13.3. The molecule has 4 nitrogen and oxygen atoms in total. The van der Waals surface area contributed by atoms with Crippen molar-refractivity contribution in [3.05, 3.63) is 53.1 Å². The van der Waals surface area contributed by atoms with Crippen LogP contribution in [0.1, 0.15) is 41.4 Å². The molecule has 0 saturated heterocycles. The van der Waals surface area contributed by atoms with Crippen LogP contribution in [-0.4, -0.2) is 20.9 Å². The molecule has 0 aliphatic heterocycles. The summed E-state index contributed by atoms with van der Waals surface area (Å²) in [6.07, 6.45) is 1.51. The van der Waals surface area contributed by atoms with Gasteiger partial charge in [-0.2, -0.15) is 5.10 Å². The SMILES string of the molecule is CC(C)c1nn(Cc2ccc(F)cc2)cc1C(=O)O. The molecule has 19 heavy (non-hydrogen) atoms. The fourth-order valence-electron chi connectivity index (χ4n) is 1.89. The third-order valence-electron chi connectivity index (χ3n) is 2.83. The highest BCUT2D eigenvalue weighted by atomic mass is 19.1. The number of carboxylic acids is 1. The molecule has 5 heteroatoms. The molecule has 0 aliphatic rings. The Morgan fingerprint density at radius 1 is 1.37 bits per heavy atom. The van der Waals surface area contributed by atoms with E-state index in [2.05, 4.69) is 5.10 Å². The molecule has 0 bridgehead atoms. The molecular formula is C14H15FN2O2. The Bertz CT molecular complexity index is 588. The lowest BCUT2D eigenvalue weighted by Crippen LogP contribution is -2.02. The van der Waals surface area contributed by atoms with Crippen molar-refractivity contribution in [1.82, 2.24) is 9.78 Å². The summed E-state index contributed by atoms with van der Waals surface area (Å²) < 4.78 is 14.4. The molecule has 1 aromatic carbocycles. The van der Waals surface area contributed by atoms with Crippen LogP contribution in [0.5, 0.6) is 0 Å². The lowest BCUT2D eigenvalue weighted by atomic mass is 10.1. The maximum atomic E-state index is 12.8. The molecule has 1 aromatic heterocycles. The van der Waals surface area contributed by atoms with E-state index in [9.17, 15) is 9.18 Å². The molecule has 0 aliphatic carbocycles. The van der Waals surface area contributed by atoms with E-state index in [4.69, 9.17) is 5.11 Å². The van der Waals surface area contributed by atoms with Crippen LogP contribution in [0.4, 0.5) is 4.39 Å². The zero-order valence-electron chi connectivity index (χ0n) is 10.8. The number of hydrogen-bond acceptors (Lipinski definition) is 2. The Labute approximate surface area is 110 Å². The van der Waals surface area contributed by atoms with Crippen LogP contribution in [0.3, 0.4) is 0 Å². The Balaban J connectivity index is 2.28. The standard InChI is InChI=1S/C14H15FN2O2/c1-9(2)13-12(14(18)19)8-17(16-13)7-10-3-5-11(15)6-4-10/h3-6,8-9H,7H2,1-2H3,(H,18,19). The summed E-state index contributed by atoms with van der Waals surface area (Å²) in [6, 6.07) is 6.07. The molecule has 0 fully saturated rings. The van der Waals surface area contributed by atoms with Crippen LogP contribution in [0.2, 0.25) is 0 Å². The first-order chi connectivity index (χ1) is 8.97. The highest BCUT2D eigenvalue weighted by molar-refractivity contribution is 5.88. The summed E-state index contributed by atoms with van der Waals surface area (Å²) in [5.41, 5.74) is 1.66. The summed E-state index contributed by atoms with van der Waals surface area (Å²) in [6.45, 7) is 4.22. The van der Waals surface area contributed by atoms with Gasteiger partial charge in [-0.1, -0.05) is 26.0 Å². The maximum absolute atomic E-state index is 12.8. The van der Waals surface area contributed by atoms with Gasteiger partial charge in [0.05, 0.1) is 12.2 Å². The number of aromatic nitrogens is 2. The highest BCUT2D eigenvalue weighted by Crippen LogP contribution is 2.18. The molecule has 1 heterocycles. The van der Waals surface area contributed by atoms with Gasteiger partial charge < -0.3 is 5.11 Å². The van der Waals surface area contributed by atoms with Crippen LogP contribution < -0.4 is 0 Å². The number of carbonyl (C=O) groups is 1. The first-order valence-corrected chi connectivity index (χ1v) is 6.02. The molecule has 0 radical (unpaired) electrons. The van der Waals surface area contributed by atoms with Crippen molar-refractivity contribution >= 4 is 5.97 Å². The molecule has 0 saturated carbocycles. The van der Waals surface area contributed by atoms with Crippen molar-refractivity contribution < 1.29 is 14.3 Å². The first-order valence-electron chi connectivity index (χ1n) is 6.02. The van der Waals surface area contributed by atoms with Crippen molar-refractivity contribution in [1.29, 1.82) is 0 Å². The van der Waals surface area contributed by atoms with E-state index in [0.717, 1.165) is 5.56 Å². The topological polar surface area (TPSA) is 55.1 Å². The Morgan fingerprint density at radius 3 is 2.47 bits per heavy atom. The van der Waals surface area contributed by atoms with Gasteiger partial charge in [0.15, 0.2) is 0 Å². The minimum atomic E-state index is -0.978. The van der Waals surface area contributed by atoms with E-state index in [1.807, 2.05) is 13.8 Å². The third-order valence-corrected chi connectivity index (χ3v) is 2.83.